The van der Waals surface area contributed by atoms with Crippen LogP contribution in [0.2, 0.25) is 0 Å². The van der Waals surface area contributed by atoms with E-state index in [1.807, 2.05) is 6.07 Å². The van der Waals surface area contributed by atoms with Crippen molar-refractivity contribution in [3.05, 3.63) is 35.9 Å². The van der Waals surface area contributed by atoms with Crippen LogP contribution in [0, 0.1) is 0 Å². The molecule has 1 fully saturated rings. The molecule has 118 valence electrons. The van der Waals surface area contributed by atoms with Gasteiger partial charge in [-0.3, -0.25) is 4.79 Å². The predicted octanol–water partition coefficient (Wildman–Crippen LogP) is 2.22. The first-order valence-corrected chi connectivity index (χ1v) is 7.32. The summed E-state index contributed by atoms with van der Waals surface area (Å²) in [5.41, 5.74) is 7.10. The van der Waals surface area contributed by atoms with Gasteiger partial charge in [-0.25, -0.2) is 0 Å². The number of ether oxygens (including phenoxy) is 1. The fourth-order valence-electron chi connectivity index (χ4n) is 2.95. The zero-order chi connectivity index (χ0) is 14.4. The highest BCUT2D eigenvalue weighted by molar-refractivity contribution is 5.85. The van der Waals surface area contributed by atoms with Crippen molar-refractivity contribution in [3.8, 4) is 0 Å². The number of hydrogen-bond donors (Lipinski definition) is 2. The number of nitrogens with two attached hydrogens (primary N) is 1. The summed E-state index contributed by atoms with van der Waals surface area (Å²) in [6.07, 6.45) is 4.52. The fourth-order valence-corrected chi connectivity index (χ4v) is 2.95. The van der Waals surface area contributed by atoms with Crippen molar-refractivity contribution in [3.63, 3.8) is 0 Å². The monoisotopic (exact) mass is 312 g/mol. The average Bonchev–Trinajstić information content (AvgIpc) is 2.49. The van der Waals surface area contributed by atoms with E-state index in [1.54, 1.807) is 7.11 Å². The first-order valence-electron chi connectivity index (χ1n) is 7.32. The molecule has 4 nitrogen and oxygen atoms in total. The molecule has 5 heteroatoms. The lowest BCUT2D eigenvalue weighted by atomic mass is 9.80. The molecule has 0 radical (unpaired) electrons. The van der Waals surface area contributed by atoms with Gasteiger partial charge in [0.05, 0.1) is 6.61 Å². The zero-order valence-electron chi connectivity index (χ0n) is 12.5. The van der Waals surface area contributed by atoms with Crippen LogP contribution in [-0.2, 0) is 9.53 Å². The molecule has 3 unspecified atom stereocenters. The van der Waals surface area contributed by atoms with Gasteiger partial charge in [-0.2, -0.15) is 0 Å². The molecule has 0 bridgehead atoms. The van der Waals surface area contributed by atoms with E-state index < -0.39 is 6.04 Å². The second kappa shape index (κ2) is 9.03. The van der Waals surface area contributed by atoms with Crippen LogP contribution in [0.1, 0.15) is 37.2 Å². The Kier molecular flexibility index (Phi) is 7.72. The highest BCUT2D eigenvalue weighted by atomic mass is 35.5. The maximum Gasteiger partial charge on any atom is 0.239 e. The molecule has 1 aromatic rings. The second-order valence-electron chi connectivity index (χ2n) is 5.48. The molecule has 1 aliphatic carbocycles. The number of hydrogen-bond acceptors (Lipinski definition) is 3. The van der Waals surface area contributed by atoms with Crippen molar-refractivity contribution in [1.29, 1.82) is 0 Å². The van der Waals surface area contributed by atoms with Crippen LogP contribution >= 0.6 is 12.4 Å². The molecule has 1 amide bonds. The lowest BCUT2D eigenvalue weighted by Gasteiger charge is -2.33. The van der Waals surface area contributed by atoms with Crippen LogP contribution in [-0.4, -0.2) is 31.7 Å². The molecule has 0 aliphatic heterocycles. The number of carbonyl (C=O) groups is 1. The summed E-state index contributed by atoms with van der Waals surface area (Å²) in [6.45, 7) is 0.258. The Labute approximate surface area is 132 Å². The normalized spacial score (nSPS) is 23.0. The number of rotatable bonds is 5. The number of nitrogens with one attached hydrogen (secondary N) is 1. The number of benzene rings is 1. The van der Waals surface area contributed by atoms with Crippen molar-refractivity contribution >= 4 is 18.3 Å². The second-order valence-corrected chi connectivity index (χ2v) is 5.48. The largest absolute Gasteiger partial charge is 0.383 e. The molecule has 21 heavy (non-hydrogen) atoms. The van der Waals surface area contributed by atoms with Gasteiger partial charge >= 0.3 is 0 Å². The average molecular weight is 313 g/mol. The first-order chi connectivity index (χ1) is 9.72. The lowest BCUT2D eigenvalue weighted by Crippen LogP contribution is -2.49. The fraction of sp³-hybridized carbons (Fsp3) is 0.562. The van der Waals surface area contributed by atoms with Gasteiger partial charge in [0, 0.05) is 19.1 Å². The van der Waals surface area contributed by atoms with Gasteiger partial charge in [-0.05, 0) is 18.4 Å². The zero-order valence-corrected chi connectivity index (χ0v) is 13.3. The Morgan fingerprint density at radius 2 is 2.00 bits per heavy atom. The molecule has 0 spiro atoms. The summed E-state index contributed by atoms with van der Waals surface area (Å²) < 4.78 is 4.94. The molecule has 1 aromatic carbocycles. The van der Waals surface area contributed by atoms with Gasteiger partial charge < -0.3 is 15.8 Å². The third-order valence-electron chi connectivity index (χ3n) is 4.00. The lowest BCUT2D eigenvalue weighted by molar-refractivity contribution is -0.124. The molecule has 3 atom stereocenters. The number of carbonyl (C=O) groups excluding carboxylic acids is 1. The van der Waals surface area contributed by atoms with E-state index >= 15 is 0 Å². The summed E-state index contributed by atoms with van der Waals surface area (Å²) in [4.78, 5) is 12.1. The van der Waals surface area contributed by atoms with Gasteiger partial charge in [-0.1, -0.05) is 43.2 Å². The maximum absolute atomic E-state index is 12.1. The topological polar surface area (TPSA) is 64.3 Å². The van der Waals surface area contributed by atoms with Gasteiger partial charge in [0.1, 0.15) is 6.04 Å². The predicted molar refractivity (Wildman–Crippen MR) is 86.7 cm³/mol. The van der Waals surface area contributed by atoms with Crippen LogP contribution in [0.3, 0.4) is 0 Å². The Morgan fingerprint density at radius 3 is 2.67 bits per heavy atom. The molecule has 3 N–H and O–H groups in total. The van der Waals surface area contributed by atoms with Crippen molar-refractivity contribution in [2.24, 2.45) is 5.73 Å². The van der Waals surface area contributed by atoms with Crippen molar-refractivity contribution in [1.82, 2.24) is 5.32 Å². The SMILES string of the molecule is COCC(N)C(=O)NC1CCCCC1c1ccccc1.Cl. The molecule has 2 rings (SSSR count). The minimum Gasteiger partial charge on any atom is -0.383 e. The summed E-state index contributed by atoms with van der Waals surface area (Å²) in [5, 5.41) is 3.11. The smallest absolute Gasteiger partial charge is 0.239 e. The number of halogens is 1. The molecular weight excluding hydrogens is 288 g/mol. The Morgan fingerprint density at radius 1 is 1.33 bits per heavy atom. The molecule has 0 aromatic heterocycles. The molecule has 0 heterocycles. The van der Waals surface area contributed by atoms with Gasteiger partial charge in [0.15, 0.2) is 0 Å². The van der Waals surface area contributed by atoms with Crippen molar-refractivity contribution in [2.45, 2.75) is 43.7 Å². The Hall–Kier alpha value is -1.10. The summed E-state index contributed by atoms with van der Waals surface area (Å²) in [7, 11) is 1.56. The standard InChI is InChI=1S/C16H24N2O2.ClH/c1-20-11-14(17)16(19)18-15-10-6-5-9-13(15)12-7-3-2-4-8-12;/h2-4,7-8,13-15H,5-6,9-11,17H2,1H3,(H,18,19);1H. The number of methoxy groups -OCH3 is 1. The van der Waals surface area contributed by atoms with Crippen molar-refractivity contribution in [2.75, 3.05) is 13.7 Å². The maximum atomic E-state index is 12.1. The van der Waals surface area contributed by atoms with Crippen molar-refractivity contribution < 1.29 is 9.53 Å². The van der Waals surface area contributed by atoms with E-state index in [2.05, 4.69) is 29.6 Å². The first kappa shape index (κ1) is 18.0. The van der Waals surface area contributed by atoms with Gasteiger partial charge in [0.2, 0.25) is 5.91 Å². The van der Waals surface area contributed by atoms with Crippen LogP contribution in [0.25, 0.3) is 0 Å². The van der Waals surface area contributed by atoms with E-state index in [1.165, 1.54) is 12.0 Å². The molecular formula is C16H25ClN2O2. The molecule has 0 saturated heterocycles. The van der Waals surface area contributed by atoms with E-state index in [0.717, 1.165) is 19.3 Å². The minimum atomic E-state index is -0.585. The highest BCUT2D eigenvalue weighted by Crippen LogP contribution is 2.32. The summed E-state index contributed by atoms with van der Waals surface area (Å²) in [6, 6.07) is 10.0. The third-order valence-corrected chi connectivity index (χ3v) is 4.00. The van der Waals surface area contributed by atoms with E-state index in [9.17, 15) is 4.79 Å². The summed E-state index contributed by atoms with van der Waals surface area (Å²) in [5.74, 6) is 0.281. The Bertz CT molecular complexity index is 428. The summed E-state index contributed by atoms with van der Waals surface area (Å²) >= 11 is 0. The molecule has 1 aliphatic rings. The van der Waals surface area contributed by atoms with Crippen LogP contribution in [0.15, 0.2) is 30.3 Å². The van der Waals surface area contributed by atoms with E-state index in [-0.39, 0.29) is 31.0 Å². The Balaban J connectivity index is 0.00000220. The number of amides is 1. The third kappa shape index (κ3) is 4.99. The van der Waals surface area contributed by atoms with Gasteiger partial charge in [0.25, 0.3) is 0 Å². The highest BCUT2D eigenvalue weighted by Gasteiger charge is 2.28. The van der Waals surface area contributed by atoms with Crippen LogP contribution < -0.4 is 11.1 Å². The molecule has 1 saturated carbocycles. The van der Waals surface area contributed by atoms with E-state index in [4.69, 9.17) is 10.5 Å². The van der Waals surface area contributed by atoms with Crippen LogP contribution in [0.4, 0.5) is 0 Å². The van der Waals surface area contributed by atoms with Crippen LogP contribution in [0.5, 0.6) is 0 Å². The van der Waals surface area contributed by atoms with Gasteiger partial charge in [-0.15, -0.1) is 12.4 Å². The van der Waals surface area contributed by atoms with E-state index in [0.29, 0.717) is 5.92 Å². The quantitative estimate of drug-likeness (QED) is 0.876. The minimum absolute atomic E-state index is 0.